The molecule has 0 aromatic heterocycles. The van der Waals surface area contributed by atoms with Crippen LogP contribution in [0.1, 0.15) is 45.4 Å². The number of carbonyl (C=O) groups excluding carboxylic acids is 1. The largest absolute Gasteiger partial charge is 0.322 e. The van der Waals surface area contributed by atoms with Gasteiger partial charge in [-0.1, -0.05) is 6.92 Å². The van der Waals surface area contributed by atoms with Gasteiger partial charge < -0.3 is 5.73 Å². The highest BCUT2D eigenvalue weighted by molar-refractivity contribution is 5.83. The first-order valence-corrected chi connectivity index (χ1v) is 6.65. The zero-order chi connectivity index (χ0) is 13.6. The van der Waals surface area contributed by atoms with Gasteiger partial charge in [0.15, 0.2) is 6.17 Å². The molecule has 0 aromatic carbocycles. The van der Waals surface area contributed by atoms with E-state index in [1.807, 2.05) is 0 Å². The minimum atomic E-state index is -3.13. The normalized spacial score (nSPS) is 39.6. The molecule has 0 saturated heterocycles. The molecule has 2 unspecified atom stereocenters. The molecule has 2 fully saturated rings. The van der Waals surface area contributed by atoms with Crippen LogP contribution in [0.5, 0.6) is 0 Å². The number of nitrogens with two attached hydrogens (primary N) is 1. The van der Waals surface area contributed by atoms with Gasteiger partial charge in [-0.2, -0.15) is 0 Å². The van der Waals surface area contributed by atoms with E-state index in [1.165, 1.54) is 0 Å². The number of alkyl halides is 3. The molecule has 2 saturated carbocycles. The van der Waals surface area contributed by atoms with Gasteiger partial charge >= 0.3 is 0 Å². The van der Waals surface area contributed by atoms with Crippen molar-refractivity contribution < 1.29 is 18.0 Å². The summed E-state index contributed by atoms with van der Waals surface area (Å²) in [4.78, 5) is 11.4. The second kappa shape index (κ2) is 4.51. The van der Waals surface area contributed by atoms with E-state index in [4.69, 9.17) is 5.73 Å². The standard InChI is InChI=1S/C13H20F3NO/c1-2-10(18)9(17)7-8-3-5-12(6-4-8)11(14)13(12,15)16/h8-9,11H,2-7,17H2,1H3. The van der Waals surface area contributed by atoms with Crippen LogP contribution < -0.4 is 5.73 Å². The Balaban J connectivity index is 1.83. The van der Waals surface area contributed by atoms with Crippen molar-refractivity contribution in [2.75, 3.05) is 0 Å². The van der Waals surface area contributed by atoms with E-state index in [9.17, 15) is 18.0 Å². The fourth-order valence-electron chi connectivity index (χ4n) is 3.23. The van der Waals surface area contributed by atoms with Gasteiger partial charge in [-0.15, -0.1) is 0 Å². The molecule has 0 heterocycles. The number of ketones is 1. The van der Waals surface area contributed by atoms with Crippen molar-refractivity contribution in [1.82, 2.24) is 0 Å². The molecular formula is C13H20F3NO. The van der Waals surface area contributed by atoms with Crippen molar-refractivity contribution in [2.45, 2.75) is 63.6 Å². The highest BCUT2D eigenvalue weighted by atomic mass is 19.3. The van der Waals surface area contributed by atoms with Gasteiger partial charge in [0, 0.05) is 6.42 Å². The van der Waals surface area contributed by atoms with Gasteiger partial charge in [0.2, 0.25) is 0 Å². The lowest BCUT2D eigenvalue weighted by Crippen LogP contribution is -2.34. The first-order valence-electron chi connectivity index (χ1n) is 6.65. The minimum absolute atomic E-state index is 0.00964. The molecule has 0 radical (unpaired) electrons. The Bertz CT molecular complexity index is 337. The van der Waals surface area contributed by atoms with Crippen molar-refractivity contribution in [2.24, 2.45) is 17.1 Å². The zero-order valence-corrected chi connectivity index (χ0v) is 10.6. The lowest BCUT2D eigenvalue weighted by Gasteiger charge is -2.29. The summed E-state index contributed by atoms with van der Waals surface area (Å²) in [6.07, 6.45) is 0.546. The molecule has 18 heavy (non-hydrogen) atoms. The number of Topliss-reactive ketones (excluding diaryl/α,β-unsaturated/α-hetero) is 1. The number of rotatable bonds is 4. The second-order valence-corrected chi connectivity index (χ2v) is 5.75. The van der Waals surface area contributed by atoms with Crippen molar-refractivity contribution in [1.29, 1.82) is 0 Å². The Morgan fingerprint density at radius 1 is 1.39 bits per heavy atom. The van der Waals surface area contributed by atoms with Gasteiger partial charge in [-0.3, -0.25) is 4.79 Å². The Labute approximate surface area is 105 Å². The molecular weight excluding hydrogens is 243 g/mol. The van der Waals surface area contributed by atoms with E-state index >= 15 is 0 Å². The van der Waals surface area contributed by atoms with Gasteiger partial charge in [0.1, 0.15) is 5.78 Å². The average molecular weight is 263 g/mol. The van der Waals surface area contributed by atoms with Gasteiger partial charge in [-0.25, -0.2) is 13.2 Å². The second-order valence-electron chi connectivity index (χ2n) is 5.75. The molecule has 1 spiro atoms. The third-order valence-corrected chi connectivity index (χ3v) is 4.73. The monoisotopic (exact) mass is 263 g/mol. The molecule has 5 heteroatoms. The average Bonchev–Trinajstić information content (AvgIpc) is 2.76. The Morgan fingerprint density at radius 3 is 2.28 bits per heavy atom. The van der Waals surface area contributed by atoms with Crippen LogP contribution in [-0.4, -0.2) is 23.9 Å². The summed E-state index contributed by atoms with van der Waals surface area (Å²) in [5.41, 5.74) is 4.36. The molecule has 0 bridgehead atoms. The summed E-state index contributed by atoms with van der Waals surface area (Å²) < 4.78 is 39.5. The van der Waals surface area contributed by atoms with Gasteiger partial charge in [0.05, 0.1) is 11.5 Å². The van der Waals surface area contributed by atoms with E-state index in [-0.39, 0.29) is 24.5 Å². The summed E-state index contributed by atoms with van der Waals surface area (Å²) >= 11 is 0. The first-order chi connectivity index (χ1) is 8.35. The minimum Gasteiger partial charge on any atom is -0.322 e. The lowest BCUT2D eigenvalue weighted by molar-refractivity contribution is -0.120. The Hall–Kier alpha value is -0.580. The number of hydrogen-bond acceptors (Lipinski definition) is 2. The Morgan fingerprint density at radius 2 is 1.89 bits per heavy atom. The van der Waals surface area contributed by atoms with Crippen LogP contribution in [0, 0.1) is 11.3 Å². The molecule has 0 aromatic rings. The zero-order valence-electron chi connectivity index (χ0n) is 10.6. The molecule has 104 valence electrons. The summed E-state index contributed by atoms with van der Waals surface area (Å²) in [6, 6.07) is -0.491. The van der Waals surface area contributed by atoms with Crippen LogP contribution in [0.15, 0.2) is 0 Å². The van der Waals surface area contributed by atoms with Crippen molar-refractivity contribution in [3.8, 4) is 0 Å². The van der Waals surface area contributed by atoms with E-state index in [0.29, 0.717) is 25.7 Å². The van der Waals surface area contributed by atoms with Crippen molar-refractivity contribution in [3.63, 3.8) is 0 Å². The van der Waals surface area contributed by atoms with Crippen LogP contribution >= 0.6 is 0 Å². The molecule has 2 N–H and O–H groups in total. The van der Waals surface area contributed by atoms with E-state index in [1.54, 1.807) is 6.92 Å². The maximum absolute atomic E-state index is 13.2. The fourth-order valence-corrected chi connectivity index (χ4v) is 3.23. The van der Waals surface area contributed by atoms with Crippen LogP contribution in [0.2, 0.25) is 0 Å². The Kier molecular flexibility index (Phi) is 3.47. The number of hydrogen-bond donors (Lipinski definition) is 1. The van der Waals surface area contributed by atoms with Crippen LogP contribution in [0.4, 0.5) is 13.2 Å². The smallest absolute Gasteiger partial charge is 0.287 e. The molecule has 2 atom stereocenters. The third-order valence-electron chi connectivity index (χ3n) is 4.73. The highest BCUT2D eigenvalue weighted by Gasteiger charge is 2.81. The molecule has 2 aliphatic rings. The quantitative estimate of drug-likeness (QED) is 0.847. The molecule has 0 amide bonds. The highest BCUT2D eigenvalue weighted by Crippen LogP contribution is 2.69. The van der Waals surface area contributed by atoms with Crippen LogP contribution in [0.3, 0.4) is 0 Å². The first kappa shape index (κ1) is 13.8. The summed E-state index contributed by atoms with van der Waals surface area (Å²) in [7, 11) is 0. The molecule has 0 aliphatic heterocycles. The van der Waals surface area contributed by atoms with Crippen LogP contribution in [-0.2, 0) is 4.79 Å². The summed E-state index contributed by atoms with van der Waals surface area (Å²) in [5.74, 6) is -2.93. The summed E-state index contributed by atoms with van der Waals surface area (Å²) in [5, 5.41) is 0. The molecule has 2 aliphatic carbocycles. The topological polar surface area (TPSA) is 43.1 Å². The maximum Gasteiger partial charge on any atom is 0.287 e. The maximum atomic E-state index is 13.2. The lowest BCUT2D eigenvalue weighted by atomic mass is 9.76. The van der Waals surface area contributed by atoms with Gasteiger partial charge in [0.25, 0.3) is 5.92 Å². The van der Waals surface area contributed by atoms with E-state index in [0.717, 1.165) is 0 Å². The number of carbonyl (C=O) groups is 1. The van der Waals surface area contributed by atoms with Crippen LogP contribution in [0.25, 0.3) is 0 Å². The van der Waals surface area contributed by atoms with Gasteiger partial charge in [-0.05, 0) is 38.0 Å². The third kappa shape index (κ3) is 1.96. The SMILES string of the molecule is CCC(=O)C(N)CC1CCC2(CC1)C(F)C2(F)F. The van der Waals surface area contributed by atoms with E-state index < -0.39 is 23.6 Å². The molecule has 2 nitrogen and oxygen atoms in total. The molecule has 2 rings (SSSR count). The van der Waals surface area contributed by atoms with Crippen molar-refractivity contribution >= 4 is 5.78 Å². The van der Waals surface area contributed by atoms with Crippen molar-refractivity contribution in [3.05, 3.63) is 0 Å². The number of halogens is 3. The summed E-state index contributed by atoms with van der Waals surface area (Å²) in [6.45, 7) is 1.76. The predicted octanol–water partition coefficient (Wildman–Crippen LogP) is 2.85. The van der Waals surface area contributed by atoms with E-state index in [2.05, 4.69) is 0 Å². The predicted molar refractivity (Wildman–Crippen MR) is 62.1 cm³/mol. The fraction of sp³-hybridized carbons (Fsp3) is 0.923.